The van der Waals surface area contributed by atoms with Crippen LogP contribution in [-0.2, 0) is 6.54 Å². The van der Waals surface area contributed by atoms with Gasteiger partial charge in [0.2, 0.25) is 0 Å². The minimum Gasteiger partial charge on any atom is -0.393 e. The second-order valence-corrected chi connectivity index (χ2v) is 7.08. The zero-order valence-corrected chi connectivity index (χ0v) is 13.8. The van der Waals surface area contributed by atoms with Crippen LogP contribution in [0.25, 0.3) is 0 Å². The van der Waals surface area contributed by atoms with Crippen molar-refractivity contribution in [3.8, 4) is 0 Å². The van der Waals surface area contributed by atoms with Crippen molar-refractivity contribution in [2.45, 2.75) is 51.2 Å². The fourth-order valence-corrected chi connectivity index (χ4v) is 3.80. The molecule has 2 N–H and O–H groups in total. The van der Waals surface area contributed by atoms with Gasteiger partial charge in [0.15, 0.2) is 0 Å². The molecule has 1 saturated carbocycles. The smallest absolute Gasteiger partial charge is 0.251 e. The van der Waals surface area contributed by atoms with E-state index in [1.54, 1.807) is 0 Å². The third-order valence-corrected chi connectivity index (χ3v) is 5.10. The summed E-state index contributed by atoms with van der Waals surface area (Å²) < 4.78 is 0. The maximum atomic E-state index is 12.4. The predicted octanol–water partition coefficient (Wildman–Crippen LogP) is 2.56. The number of carbonyl (C=O) groups is 1. The molecule has 0 radical (unpaired) electrons. The van der Waals surface area contributed by atoms with Crippen molar-refractivity contribution in [3.05, 3.63) is 35.4 Å². The number of rotatable bonds is 5. The number of likely N-dealkylation sites (tertiary alicyclic amines) is 1. The number of benzene rings is 1. The Bertz CT molecular complexity index is 526. The lowest BCUT2D eigenvalue weighted by Crippen LogP contribution is -2.33. The highest BCUT2D eigenvalue weighted by atomic mass is 16.3. The Morgan fingerprint density at radius 3 is 2.83 bits per heavy atom. The van der Waals surface area contributed by atoms with Crippen molar-refractivity contribution >= 4 is 5.91 Å². The Balaban J connectivity index is 1.52. The molecule has 1 aliphatic carbocycles. The normalized spacial score (nSPS) is 25.4. The molecule has 2 fully saturated rings. The molecular formula is C19H28N2O2. The molecule has 4 nitrogen and oxygen atoms in total. The maximum absolute atomic E-state index is 12.4. The number of carbonyl (C=O) groups excluding carboxylic acids is 1. The fourth-order valence-electron chi connectivity index (χ4n) is 3.80. The van der Waals surface area contributed by atoms with E-state index in [0.717, 1.165) is 37.8 Å². The minimum absolute atomic E-state index is 0.00772. The van der Waals surface area contributed by atoms with E-state index < -0.39 is 0 Å². The quantitative estimate of drug-likeness (QED) is 0.878. The first-order valence-electron chi connectivity index (χ1n) is 8.98. The molecule has 1 amide bonds. The highest BCUT2D eigenvalue weighted by Crippen LogP contribution is 2.23. The fraction of sp³-hybridized carbons (Fsp3) is 0.632. The Morgan fingerprint density at radius 2 is 2.04 bits per heavy atom. The number of amides is 1. The van der Waals surface area contributed by atoms with Crippen LogP contribution < -0.4 is 5.32 Å². The first-order chi connectivity index (χ1) is 11.2. The number of aliphatic hydroxyl groups is 1. The number of hydrogen-bond donors (Lipinski definition) is 2. The van der Waals surface area contributed by atoms with Gasteiger partial charge in [-0.05, 0) is 68.8 Å². The monoisotopic (exact) mass is 316 g/mol. The van der Waals surface area contributed by atoms with Gasteiger partial charge in [0.1, 0.15) is 0 Å². The van der Waals surface area contributed by atoms with E-state index in [1.165, 1.54) is 31.5 Å². The first kappa shape index (κ1) is 16.5. The summed E-state index contributed by atoms with van der Waals surface area (Å²) in [6, 6.07) is 7.99. The van der Waals surface area contributed by atoms with Crippen LogP contribution in [-0.4, -0.2) is 41.7 Å². The predicted molar refractivity (Wildman–Crippen MR) is 91.3 cm³/mol. The average molecular weight is 316 g/mol. The highest BCUT2D eigenvalue weighted by Gasteiger charge is 2.20. The van der Waals surface area contributed by atoms with Crippen LogP contribution in [0.1, 0.15) is 54.4 Å². The van der Waals surface area contributed by atoms with Gasteiger partial charge in [-0.25, -0.2) is 0 Å². The molecule has 1 aliphatic heterocycles. The van der Waals surface area contributed by atoms with Gasteiger partial charge in [0, 0.05) is 18.7 Å². The maximum Gasteiger partial charge on any atom is 0.251 e. The lowest BCUT2D eigenvalue weighted by atomic mass is 9.87. The molecule has 2 atom stereocenters. The summed E-state index contributed by atoms with van der Waals surface area (Å²) in [7, 11) is 0. The van der Waals surface area contributed by atoms with Crippen molar-refractivity contribution < 1.29 is 9.90 Å². The lowest BCUT2D eigenvalue weighted by molar-refractivity contribution is 0.0873. The van der Waals surface area contributed by atoms with Gasteiger partial charge in [-0.2, -0.15) is 0 Å². The van der Waals surface area contributed by atoms with E-state index >= 15 is 0 Å². The minimum atomic E-state index is -0.186. The van der Waals surface area contributed by atoms with Gasteiger partial charge in [-0.3, -0.25) is 9.69 Å². The summed E-state index contributed by atoms with van der Waals surface area (Å²) in [5.74, 6) is 0.420. The van der Waals surface area contributed by atoms with Gasteiger partial charge in [-0.15, -0.1) is 0 Å². The Labute approximate surface area is 138 Å². The highest BCUT2D eigenvalue weighted by molar-refractivity contribution is 5.94. The van der Waals surface area contributed by atoms with Crippen molar-refractivity contribution in [2.75, 3.05) is 19.6 Å². The zero-order chi connectivity index (χ0) is 16.1. The Kier molecular flexibility index (Phi) is 5.68. The van der Waals surface area contributed by atoms with Gasteiger partial charge in [-0.1, -0.05) is 18.6 Å². The van der Waals surface area contributed by atoms with Crippen LogP contribution >= 0.6 is 0 Å². The molecular weight excluding hydrogens is 288 g/mol. The molecule has 23 heavy (non-hydrogen) atoms. The average Bonchev–Trinajstić information content (AvgIpc) is 3.06. The second kappa shape index (κ2) is 7.93. The molecule has 2 unspecified atom stereocenters. The van der Waals surface area contributed by atoms with E-state index in [-0.39, 0.29) is 12.0 Å². The topological polar surface area (TPSA) is 52.6 Å². The Morgan fingerprint density at radius 1 is 1.22 bits per heavy atom. The summed E-state index contributed by atoms with van der Waals surface area (Å²) in [6.45, 7) is 3.95. The van der Waals surface area contributed by atoms with Crippen LogP contribution in [0.4, 0.5) is 0 Å². The van der Waals surface area contributed by atoms with Crippen molar-refractivity contribution in [1.82, 2.24) is 10.2 Å². The van der Waals surface area contributed by atoms with E-state index in [1.807, 2.05) is 18.2 Å². The number of aliphatic hydroxyl groups excluding tert-OH is 1. The van der Waals surface area contributed by atoms with E-state index in [9.17, 15) is 9.90 Å². The molecule has 1 heterocycles. The molecule has 1 aromatic rings. The van der Waals surface area contributed by atoms with Crippen molar-refractivity contribution in [2.24, 2.45) is 5.92 Å². The molecule has 3 rings (SSSR count). The number of nitrogens with one attached hydrogen (secondary N) is 1. The first-order valence-corrected chi connectivity index (χ1v) is 8.98. The molecule has 4 heteroatoms. The van der Waals surface area contributed by atoms with Gasteiger partial charge in [0.05, 0.1) is 6.10 Å². The van der Waals surface area contributed by atoms with Gasteiger partial charge in [0.25, 0.3) is 5.91 Å². The molecule has 1 saturated heterocycles. The molecule has 0 spiro atoms. The summed E-state index contributed by atoms with van der Waals surface area (Å²) in [5, 5.41) is 12.8. The third kappa shape index (κ3) is 4.79. The molecule has 2 aliphatic rings. The number of nitrogens with zero attached hydrogens (tertiary/aromatic N) is 1. The molecule has 0 aromatic heterocycles. The number of hydrogen-bond acceptors (Lipinski definition) is 3. The van der Waals surface area contributed by atoms with Crippen molar-refractivity contribution in [1.29, 1.82) is 0 Å². The van der Waals surface area contributed by atoms with Gasteiger partial charge >= 0.3 is 0 Å². The summed E-state index contributed by atoms with van der Waals surface area (Å²) in [6.07, 6.45) is 6.27. The standard InChI is InChI=1S/C19H28N2O2/c22-18-8-4-5-15(12-18)13-20-19(23)17-7-3-6-16(11-17)14-21-9-1-2-10-21/h3,6-7,11,15,18,22H,1-2,4-5,8-10,12-14H2,(H,20,23). The largest absolute Gasteiger partial charge is 0.393 e. The summed E-state index contributed by atoms with van der Waals surface area (Å²) in [4.78, 5) is 14.8. The molecule has 1 aromatic carbocycles. The third-order valence-electron chi connectivity index (χ3n) is 5.10. The molecule has 0 bridgehead atoms. The van der Waals surface area contributed by atoms with Crippen LogP contribution in [0.3, 0.4) is 0 Å². The molecule has 126 valence electrons. The Hall–Kier alpha value is -1.39. The van der Waals surface area contributed by atoms with E-state index in [0.29, 0.717) is 12.5 Å². The van der Waals surface area contributed by atoms with Crippen LogP contribution in [0.5, 0.6) is 0 Å². The van der Waals surface area contributed by atoms with E-state index in [4.69, 9.17) is 0 Å². The van der Waals surface area contributed by atoms with Crippen LogP contribution in [0.2, 0.25) is 0 Å². The van der Waals surface area contributed by atoms with Crippen LogP contribution in [0, 0.1) is 5.92 Å². The SMILES string of the molecule is O=C(NCC1CCCC(O)C1)c1cccc(CN2CCCC2)c1. The van der Waals surface area contributed by atoms with Crippen molar-refractivity contribution in [3.63, 3.8) is 0 Å². The van der Waals surface area contributed by atoms with Crippen LogP contribution in [0.15, 0.2) is 24.3 Å². The second-order valence-electron chi connectivity index (χ2n) is 7.08. The zero-order valence-electron chi connectivity index (χ0n) is 13.8. The van der Waals surface area contributed by atoms with Gasteiger partial charge < -0.3 is 10.4 Å². The lowest BCUT2D eigenvalue weighted by Gasteiger charge is -2.25. The summed E-state index contributed by atoms with van der Waals surface area (Å²) >= 11 is 0. The van der Waals surface area contributed by atoms with E-state index in [2.05, 4.69) is 16.3 Å². The summed E-state index contributed by atoms with van der Waals surface area (Å²) in [5.41, 5.74) is 1.96.